The van der Waals surface area contributed by atoms with E-state index in [2.05, 4.69) is 40.3 Å². The summed E-state index contributed by atoms with van der Waals surface area (Å²) in [4.78, 5) is 18.0. The number of carbonyl (C=O) groups excluding carboxylic acids is 1. The van der Waals surface area contributed by atoms with Gasteiger partial charge in [-0.25, -0.2) is 0 Å². The van der Waals surface area contributed by atoms with Crippen LogP contribution in [-0.2, 0) is 23.7 Å². The Bertz CT molecular complexity index is 1450. The first-order chi connectivity index (χ1) is 23.6. The van der Waals surface area contributed by atoms with E-state index in [-0.39, 0.29) is 47.4 Å². The second-order valence-electron chi connectivity index (χ2n) is 18.0. The molecular formula is C42H63NO7. The average Bonchev–Trinajstić information content (AvgIpc) is 3.65. The molecule has 0 radical (unpaired) electrons. The van der Waals surface area contributed by atoms with E-state index in [0.717, 1.165) is 76.3 Å². The van der Waals surface area contributed by atoms with Gasteiger partial charge < -0.3 is 29.2 Å². The lowest BCUT2D eigenvalue weighted by Crippen LogP contribution is -2.60. The van der Waals surface area contributed by atoms with Gasteiger partial charge in [0.25, 0.3) is 0 Å². The molecule has 0 aromatic rings. The van der Waals surface area contributed by atoms with Crippen LogP contribution in [0.5, 0.6) is 0 Å². The summed E-state index contributed by atoms with van der Waals surface area (Å²) in [5, 5.41) is 23.6. The van der Waals surface area contributed by atoms with E-state index in [1.54, 1.807) is 0 Å². The first-order valence-corrected chi connectivity index (χ1v) is 19.9. The Morgan fingerprint density at radius 1 is 0.980 bits per heavy atom. The third-order valence-corrected chi connectivity index (χ3v) is 14.1. The van der Waals surface area contributed by atoms with Crippen LogP contribution >= 0.6 is 0 Å². The first-order valence-electron chi connectivity index (χ1n) is 19.9. The van der Waals surface area contributed by atoms with Gasteiger partial charge in [0.05, 0.1) is 24.2 Å². The molecule has 8 nitrogen and oxygen atoms in total. The fourth-order valence-corrected chi connectivity index (χ4v) is 10.8. The Hall–Kier alpha value is -1.84. The molecule has 1 aliphatic carbocycles. The fourth-order valence-electron chi connectivity index (χ4n) is 10.8. The molecule has 50 heavy (non-hydrogen) atoms. The molecule has 278 valence electrons. The first kappa shape index (κ1) is 36.5. The Labute approximate surface area is 300 Å². The monoisotopic (exact) mass is 693 g/mol. The smallest absolute Gasteiger partial charge is 0.309 e. The number of aliphatic imine (C=N–C) groups is 1. The molecule has 4 fully saturated rings. The second-order valence-corrected chi connectivity index (χ2v) is 18.0. The molecule has 0 saturated carbocycles. The normalized spacial score (nSPS) is 48.6. The molecule has 4 bridgehead atoms. The fraction of sp³-hybridized carbons (Fsp3) is 0.810. The van der Waals surface area contributed by atoms with Gasteiger partial charge in [0.15, 0.2) is 5.79 Å². The van der Waals surface area contributed by atoms with E-state index in [4.69, 9.17) is 23.9 Å². The van der Waals surface area contributed by atoms with E-state index in [9.17, 15) is 15.0 Å². The highest BCUT2D eigenvalue weighted by atomic mass is 16.8. The Morgan fingerprint density at radius 2 is 1.78 bits per heavy atom. The Balaban J connectivity index is 1.26. The molecular weight excluding hydrogens is 630 g/mol. The van der Waals surface area contributed by atoms with Crippen LogP contribution < -0.4 is 0 Å². The lowest BCUT2D eigenvalue weighted by atomic mass is 9.58. The molecule has 0 amide bonds. The zero-order valence-corrected chi connectivity index (χ0v) is 31.6. The summed E-state index contributed by atoms with van der Waals surface area (Å²) in [5.41, 5.74) is 4.75. The molecule has 2 N–H and O–H groups in total. The molecule has 4 saturated heterocycles. The van der Waals surface area contributed by atoms with Crippen LogP contribution in [0.1, 0.15) is 138 Å². The highest BCUT2D eigenvalue weighted by Gasteiger charge is 2.64. The van der Waals surface area contributed by atoms with Crippen LogP contribution in [0, 0.1) is 29.1 Å². The number of allylic oxidation sites excluding steroid dienone is 2. The third-order valence-electron chi connectivity index (χ3n) is 14.1. The highest BCUT2D eigenvalue weighted by Crippen LogP contribution is 2.57. The summed E-state index contributed by atoms with van der Waals surface area (Å²) in [6, 6.07) is 0. The number of fused-ring (bicyclic) bond motifs is 2. The quantitative estimate of drug-likeness (QED) is 0.212. The van der Waals surface area contributed by atoms with Crippen LogP contribution in [0.2, 0.25) is 0 Å². The molecule has 0 unspecified atom stereocenters. The van der Waals surface area contributed by atoms with Gasteiger partial charge in [0.1, 0.15) is 11.7 Å². The third kappa shape index (κ3) is 6.52. The highest BCUT2D eigenvalue weighted by molar-refractivity contribution is 5.92. The number of aliphatic hydroxyl groups is 2. The van der Waals surface area contributed by atoms with Crippen molar-refractivity contribution >= 4 is 11.7 Å². The number of hydrogen-bond acceptors (Lipinski definition) is 8. The van der Waals surface area contributed by atoms with Crippen molar-refractivity contribution in [3.63, 3.8) is 0 Å². The van der Waals surface area contributed by atoms with Crippen molar-refractivity contribution in [3.8, 4) is 0 Å². The SMILES string of the molecule is C=C1CCCC2=NC[C@H](C)CC[C@]23CCC([C@@H]2C[C@@H](C)C(=O)O2)=C(C)[C@@H]3/C=C(\C)[C@H](O)C[C@H]2O[C@]3(CC[C@]4(O[C@@H](CC[C@]4(C)O)C1)O3)C[C@@H]2C. The summed E-state index contributed by atoms with van der Waals surface area (Å²) in [7, 11) is 0. The van der Waals surface area contributed by atoms with Crippen LogP contribution in [0.3, 0.4) is 0 Å². The average molecular weight is 694 g/mol. The lowest BCUT2D eigenvalue weighted by molar-refractivity contribution is -0.387. The Morgan fingerprint density at radius 3 is 2.54 bits per heavy atom. The van der Waals surface area contributed by atoms with Crippen LogP contribution in [0.15, 0.2) is 39.9 Å². The maximum atomic E-state index is 12.6. The minimum atomic E-state index is -1.12. The van der Waals surface area contributed by atoms with Crippen molar-refractivity contribution in [2.75, 3.05) is 6.54 Å². The maximum absolute atomic E-state index is 12.6. The molecule has 12 atom stereocenters. The largest absolute Gasteiger partial charge is 0.458 e. The molecule has 0 aromatic heterocycles. The van der Waals surface area contributed by atoms with Crippen molar-refractivity contribution < 1.29 is 34.0 Å². The minimum absolute atomic E-state index is 0.0611. The molecule has 7 rings (SSSR count). The second kappa shape index (κ2) is 13.5. The zero-order valence-electron chi connectivity index (χ0n) is 31.6. The molecule has 0 aromatic carbocycles. The van der Waals surface area contributed by atoms with E-state index >= 15 is 0 Å². The van der Waals surface area contributed by atoms with Gasteiger partial charge in [-0.3, -0.25) is 9.79 Å². The van der Waals surface area contributed by atoms with Gasteiger partial charge in [-0.05, 0) is 108 Å². The predicted octanol–water partition coefficient (Wildman–Crippen LogP) is 7.91. The van der Waals surface area contributed by atoms with E-state index in [1.165, 1.54) is 22.4 Å². The number of esters is 1. The van der Waals surface area contributed by atoms with Gasteiger partial charge in [0.2, 0.25) is 5.79 Å². The number of aliphatic hydroxyl groups excluding tert-OH is 1. The molecule has 3 spiro atoms. The van der Waals surface area contributed by atoms with Gasteiger partial charge in [-0.1, -0.05) is 44.6 Å². The van der Waals surface area contributed by atoms with Crippen molar-refractivity contribution in [2.45, 2.75) is 179 Å². The number of carbonyl (C=O) groups is 1. The van der Waals surface area contributed by atoms with Crippen molar-refractivity contribution in [1.29, 1.82) is 0 Å². The summed E-state index contributed by atoms with van der Waals surface area (Å²) in [6.07, 6.45) is 13.4. The number of nitrogens with zero attached hydrogens (tertiary/aromatic N) is 1. The van der Waals surface area contributed by atoms with E-state index < -0.39 is 23.3 Å². The van der Waals surface area contributed by atoms with E-state index in [1.807, 2.05) is 13.8 Å². The van der Waals surface area contributed by atoms with E-state index in [0.29, 0.717) is 38.0 Å². The lowest BCUT2D eigenvalue weighted by Gasteiger charge is -2.49. The van der Waals surface area contributed by atoms with Crippen LogP contribution in [-0.4, -0.2) is 70.0 Å². The van der Waals surface area contributed by atoms with Crippen molar-refractivity contribution in [1.82, 2.24) is 0 Å². The molecule has 6 heterocycles. The number of rotatable bonds is 1. The number of cyclic esters (lactones) is 1. The standard InChI is InChI=1S/C42H63NO7/c1-25-9-8-10-37-40(15-11-26(2)24-43-37)16-13-32(36-21-28(4)38(45)47-36)30(6)33(40)20-27(3)34(44)22-35-29(5)23-41(49-35)17-18-42(50-41)39(7,46)14-12-31(19-25)48-42/h20,26,28-29,31,33-36,44,46H,1,8-19,21-24H2,2-7H3/b27-20+/t26-,28-,29+,31+,33+,34-,35-,36+,39+,40-,41+,42+/m1/s1. The number of hydrogen-bond donors (Lipinski definition) is 2. The summed E-state index contributed by atoms with van der Waals surface area (Å²) < 4.78 is 26.3. The number of ether oxygens (including phenoxy) is 4. The van der Waals surface area contributed by atoms with Gasteiger partial charge >= 0.3 is 5.97 Å². The topological polar surface area (TPSA) is 107 Å². The minimum Gasteiger partial charge on any atom is -0.458 e. The predicted molar refractivity (Wildman–Crippen MR) is 193 cm³/mol. The van der Waals surface area contributed by atoms with Crippen molar-refractivity contribution in [2.24, 2.45) is 34.1 Å². The summed E-state index contributed by atoms with van der Waals surface area (Å²) in [5.74, 6) is -1.36. The van der Waals surface area contributed by atoms with Crippen LogP contribution in [0.25, 0.3) is 0 Å². The van der Waals surface area contributed by atoms with Crippen molar-refractivity contribution in [3.05, 3.63) is 34.9 Å². The zero-order chi connectivity index (χ0) is 35.6. The van der Waals surface area contributed by atoms with Gasteiger partial charge in [-0.15, -0.1) is 0 Å². The van der Waals surface area contributed by atoms with Crippen LogP contribution in [0.4, 0.5) is 0 Å². The summed E-state index contributed by atoms with van der Waals surface area (Å²) in [6.45, 7) is 18.0. The summed E-state index contributed by atoms with van der Waals surface area (Å²) >= 11 is 0. The van der Waals surface area contributed by atoms with Gasteiger partial charge in [0, 0.05) is 55.7 Å². The molecule has 7 aliphatic rings. The molecule has 8 heteroatoms. The Kier molecular flexibility index (Phi) is 9.89. The molecule has 6 aliphatic heterocycles. The maximum Gasteiger partial charge on any atom is 0.309 e. The van der Waals surface area contributed by atoms with Gasteiger partial charge in [-0.2, -0.15) is 0 Å².